The second-order valence-electron chi connectivity index (χ2n) is 7.36. The minimum absolute atomic E-state index is 0.322. The van der Waals surface area contributed by atoms with Gasteiger partial charge in [-0.3, -0.25) is 0 Å². The zero-order valence-corrected chi connectivity index (χ0v) is 15.6. The number of benzene rings is 2. The highest BCUT2D eigenvalue weighted by Crippen LogP contribution is 2.44. The van der Waals surface area contributed by atoms with Crippen molar-refractivity contribution in [1.82, 2.24) is 5.32 Å². The molecule has 0 bridgehead atoms. The van der Waals surface area contributed by atoms with Gasteiger partial charge in [-0.1, -0.05) is 49.2 Å². The predicted molar refractivity (Wildman–Crippen MR) is 99.5 cm³/mol. The molecule has 25 heavy (non-hydrogen) atoms. The number of aryl methyl sites for hydroxylation is 2. The Morgan fingerprint density at radius 3 is 2.68 bits per heavy atom. The second kappa shape index (κ2) is 6.26. The lowest BCUT2D eigenvalue weighted by Gasteiger charge is -2.39. The molecule has 2 N–H and O–H groups in total. The number of nitrogens with one attached hydrogen (secondary N) is 1. The topological polar surface area (TPSA) is 58.6 Å². The smallest absolute Gasteiger partial charge is 0.405 e. The summed E-state index contributed by atoms with van der Waals surface area (Å²) in [5.41, 5.74) is 4.61. The third kappa shape index (κ3) is 3.31. The van der Waals surface area contributed by atoms with Crippen LogP contribution in [0.15, 0.2) is 30.3 Å². The summed E-state index contributed by atoms with van der Waals surface area (Å²) in [5, 5.41) is 12.5. The van der Waals surface area contributed by atoms with Gasteiger partial charge in [-0.05, 0) is 37.1 Å². The van der Waals surface area contributed by atoms with Crippen LogP contribution in [0, 0.1) is 19.3 Å². The molecule has 0 saturated carbocycles. The Balaban J connectivity index is 2.08. The molecular weight excluding hydrogens is 338 g/mol. The summed E-state index contributed by atoms with van der Waals surface area (Å²) in [7, 11) is 0. The molecule has 1 atom stereocenters. The predicted octanol–water partition coefficient (Wildman–Crippen LogP) is 5.35. The van der Waals surface area contributed by atoms with Crippen molar-refractivity contribution >= 4 is 17.7 Å². The lowest BCUT2D eigenvalue weighted by molar-refractivity contribution is 0.0996. The molecule has 4 nitrogen and oxygen atoms in total. The van der Waals surface area contributed by atoms with Crippen molar-refractivity contribution in [1.29, 1.82) is 0 Å². The zero-order chi connectivity index (χ0) is 18.4. The third-order valence-electron chi connectivity index (χ3n) is 4.68. The molecule has 0 spiro atoms. The number of amides is 1. The highest BCUT2D eigenvalue weighted by Gasteiger charge is 2.38. The highest BCUT2D eigenvalue weighted by molar-refractivity contribution is 6.34. The minimum atomic E-state index is -1.03. The fourth-order valence-corrected chi connectivity index (χ4v) is 3.61. The summed E-state index contributed by atoms with van der Waals surface area (Å²) in [6.07, 6.45) is -1.03. The number of halogens is 1. The molecule has 0 radical (unpaired) electrons. The van der Waals surface area contributed by atoms with Gasteiger partial charge in [0.15, 0.2) is 0 Å². The van der Waals surface area contributed by atoms with Gasteiger partial charge in [0.1, 0.15) is 5.75 Å². The Morgan fingerprint density at radius 1 is 1.28 bits per heavy atom. The van der Waals surface area contributed by atoms with E-state index in [2.05, 4.69) is 17.4 Å². The van der Waals surface area contributed by atoms with E-state index < -0.39 is 6.09 Å². The number of ether oxygens (including phenoxy) is 1. The van der Waals surface area contributed by atoms with Crippen LogP contribution in [-0.2, 0) is 0 Å². The molecule has 132 valence electrons. The van der Waals surface area contributed by atoms with Crippen molar-refractivity contribution in [2.45, 2.75) is 33.7 Å². The molecule has 1 aliphatic heterocycles. The Morgan fingerprint density at radius 2 is 2.00 bits per heavy atom. The molecule has 0 fully saturated rings. The van der Waals surface area contributed by atoms with Crippen molar-refractivity contribution in [2.24, 2.45) is 5.41 Å². The molecule has 1 heterocycles. The molecule has 0 aliphatic carbocycles. The van der Waals surface area contributed by atoms with Gasteiger partial charge in [0.25, 0.3) is 0 Å². The number of fused-ring (bicyclic) bond motifs is 1. The van der Waals surface area contributed by atoms with Crippen LogP contribution >= 0.6 is 11.6 Å². The van der Waals surface area contributed by atoms with Gasteiger partial charge in [0.05, 0.1) is 17.7 Å². The first-order chi connectivity index (χ1) is 11.7. The maximum absolute atomic E-state index is 11.2. The molecule has 0 saturated heterocycles. The lowest BCUT2D eigenvalue weighted by atomic mass is 9.78. The maximum Gasteiger partial charge on any atom is 0.405 e. The van der Waals surface area contributed by atoms with Gasteiger partial charge in [-0.2, -0.15) is 0 Å². The highest BCUT2D eigenvalue weighted by atomic mass is 35.5. The largest absolute Gasteiger partial charge is 0.493 e. The van der Waals surface area contributed by atoms with Gasteiger partial charge in [0, 0.05) is 16.5 Å². The molecule has 1 unspecified atom stereocenters. The number of carbonyl (C=O) groups is 1. The van der Waals surface area contributed by atoms with E-state index in [1.165, 1.54) is 0 Å². The molecule has 1 amide bonds. The van der Waals surface area contributed by atoms with Crippen LogP contribution in [0.5, 0.6) is 5.75 Å². The molecule has 1 aliphatic rings. The van der Waals surface area contributed by atoms with Crippen LogP contribution in [-0.4, -0.2) is 17.8 Å². The SMILES string of the molecule is Cc1cc(C)c(Cl)c(-c2ccc3c(c2)OCC(C)(C)C3NC(=O)O)c1. The fraction of sp³-hybridized carbons (Fsp3) is 0.350. The number of rotatable bonds is 2. The summed E-state index contributed by atoms with van der Waals surface area (Å²) in [5.74, 6) is 0.700. The summed E-state index contributed by atoms with van der Waals surface area (Å²) < 4.78 is 5.94. The first-order valence-corrected chi connectivity index (χ1v) is 8.60. The van der Waals surface area contributed by atoms with Crippen molar-refractivity contribution < 1.29 is 14.6 Å². The van der Waals surface area contributed by atoms with E-state index in [9.17, 15) is 9.90 Å². The van der Waals surface area contributed by atoms with Gasteiger partial charge >= 0.3 is 6.09 Å². The summed E-state index contributed by atoms with van der Waals surface area (Å²) >= 11 is 6.49. The van der Waals surface area contributed by atoms with Crippen LogP contribution in [0.1, 0.15) is 36.6 Å². The Hall–Kier alpha value is -2.20. The fourth-order valence-electron chi connectivity index (χ4n) is 3.39. The zero-order valence-electron chi connectivity index (χ0n) is 14.8. The molecule has 2 aromatic carbocycles. The molecular formula is C20H22ClNO3. The molecule has 2 aromatic rings. The van der Waals surface area contributed by atoms with Gasteiger partial charge in [-0.15, -0.1) is 0 Å². The standard InChI is InChI=1S/C20H22ClNO3/c1-11-7-12(2)17(21)15(8-11)13-5-6-14-16(9-13)25-10-20(3,4)18(14)22-19(23)24/h5-9,18,22H,10H2,1-4H3,(H,23,24). The molecule has 5 heteroatoms. The van der Waals surface area contributed by atoms with E-state index in [1.807, 2.05) is 45.9 Å². The summed E-state index contributed by atoms with van der Waals surface area (Å²) in [6, 6.07) is 9.63. The summed E-state index contributed by atoms with van der Waals surface area (Å²) in [4.78, 5) is 11.2. The van der Waals surface area contributed by atoms with Crippen LogP contribution < -0.4 is 10.1 Å². The monoisotopic (exact) mass is 359 g/mol. The van der Waals surface area contributed by atoms with E-state index in [0.717, 1.165) is 32.8 Å². The number of hydrogen-bond acceptors (Lipinski definition) is 2. The van der Waals surface area contributed by atoms with Crippen LogP contribution in [0.4, 0.5) is 4.79 Å². The van der Waals surface area contributed by atoms with Crippen molar-refractivity contribution in [3.05, 3.63) is 52.0 Å². The van der Waals surface area contributed by atoms with E-state index in [1.54, 1.807) is 0 Å². The average molecular weight is 360 g/mol. The van der Waals surface area contributed by atoms with Crippen molar-refractivity contribution in [3.8, 4) is 16.9 Å². The summed E-state index contributed by atoms with van der Waals surface area (Å²) in [6.45, 7) is 8.45. The quantitative estimate of drug-likeness (QED) is 0.759. The van der Waals surface area contributed by atoms with Crippen LogP contribution in [0.2, 0.25) is 5.02 Å². The Labute approximate surface area is 152 Å². The van der Waals surface area contributed by atoms with E-state index in [0.29, 0.717) is 12.4 Å². The number of carboxylic acid groups (broad SMARTS) is 1. The minimum Gasteiger partial charge on any atom is -0.493 e. The first-order valence-electron chi connectivity index (χ1n) is 8.22. The number of hydrogen-bond donors (Lipinski definition) is 2. The maximum atomic E-state index is 11.2. The molecule has 0 aromatic heterocycles. The van der Waals surface area contributed by atoms with Gasteiger partial charge in [-0.25, -0.2) is 4.79 Å². The first kappa shape index (κ1) is 17.6. The van der Waals surface area contributed by atoms with Gasteiger partial charge < -0.3 is 15.2 Å². The van der Waals surface area contributed by atoms with E-state index in [-0.39, 0.29) is 11.5 Å². The Kier molecular flexibility index (Phi) is 4.41. The van der Waals surface area contributed by atoms with Gasteiger partial charge in [0.2, 0.25) is 0 Å². The second-order valence-corrected chi connectivity index (χ2v) is 7.73. The Bertz CT molecular complexity index is 845. The third-order valence-corrected chi connectivity index (χ3v) is 5.19. The molecule has 3 rings (SSSR count). The van der Waals surface area contributed by atoms with Crippen LogP contribution in [0.25, 0.3) is 11.1 Å². The van der Waals surface area contributed by atoms with Crippen molar-refractivity contribution in [3.63, 3.8) is 0 Å². The lowest BCUT2D eigenvalue weighted by Crippen LogP contribution is -2.43. The van der Waals surface area contributed by atoms with E-state index in [4.69, 9.17) is 16.3 Å². The van der Waals surface area contributed by atoms with Crippen molar-refractivity contribution in [2.75, 3.05) is 6.61 Å². The van der Waals surface area contributed by atoms with Crippen LogP contribution in [0.3, 0.4) is 0 Å². The average Bonchev–Trinajstić information content (AvgIpc) is 2.53. The van der Waals surface area contributed by atoms with E-state index >= 15 is 0 Å². The normalized spacial score (nSPS) is 18.2.